The van der Waals surface area contributed by atoms with Crippen LogP contribution < -0.4 is 10.6 Å². The highest BCUT2D eigenvalue weighted by molar-refractivity contribution is 5.88. The van der Waals surface area contributed by atoms with Crippen molar-refractivity contribution in [3.05, 3.63) is 11.8 Å². The van der Waals surface area contributed by atoms with E-state index in [2.05, 4.69) is 15.8 Å². The Morgan fingerprint density at radius 3 is 2.78 bits per heavy atom. The molecule has 23 heavy (non-hydrogen) atoms. The molecule has 8 heteroatoms. The second kappa shape index (κ2) is 6.89. The summed E-state index contributed by atoms with van der Waals surface area (Å²) < 4.78 is 10.2. The van der Waals surface area contributed by atoms with Crippen LogP contribution in [0.1, 0.15) is 39.4 Å². The number of carbonyl (C=O) groups is 2. The summed E-state index contributed by atoms with van der Waals surface area (Å²) >= 11 is 0. The van der Waals surface area contributed by atoms with E-state index >= 15 is 0 Å². The highest BCUT2D eigenvalue weighted by Crippen LogP contribution is 2.14. The van der Waals surface area contributed by atoms with E-state index in [1.807, 2.05) is 20.8 Å². The van der Waals surface area contributed by atoms with Crippen molar-refractivity contribution in [1.29, 1.82) is 0 Å². The third kappa shape index (κ3) is 5.46. The average molecular weight is 324 g/mol. The van der Waals surface area contributed by atoms with Crippen LogP contribution in [0, 0.1) is 6.92 Å². The molecule has 0 spiro atoms. The molecular formula is C15H24N4O4. The van der Waals surface area contributed by atoms with Crippen molar-refractivity contribution in [2.24, 2.45) is 0 Å². The summed E-state index contributed by atoms with van der Waals surface area (Å²) in [5.74, 6) is 1.01. The van der Waals surface area contributed by atoms with Gasteiger partial charge in [-0.2, -0.15) is 0 Å². The van der Waals surface area contributed by atoms with Crippen molar-refractivity contribution in [3.8, 4) is 0 Å². The minimum Gasteiger partial charge on any atom is -0.444 e. The van der Waals surface area contributed by atoms with Crippen molar-refractivity contribution in [3.63, 3.8) is 0 Å². The highest BCUT2D eigenvalue weighted by atomic mass is 16.6. The Morgan fingerprint density at radius 1 is 1.43 bits per heavy atom. The number of amides is 3. The standard InChI is InChI=1S/C15H24N4O4/c1-10-8-12(18-23-10)17-13(20)19-7-5-6-11(9-19)16-14(21)22-15(2,3)4/h8,11H,5-7,9H2,1-4H3,(H,16,21)(H,17,18,20)/t11-/m0/s1. The molecule has 1 fully saturated rings. The number of likely N-dealkylation sites (tertiary alicyclic amines) is 1. The number of nitrogens with zero attached hydrogens (tertiary/aromatic N) is 2. The van der Waals surface area contributed by atoms with E-state index in [1.54, 1.807) is 17.9 Å². The molecule has 0 aliphatic carbocycles. The molecule has 0 saturated carbocycles. The summed E-state index contributed by atoms with van der Waals surface area (Å²) in [6.07, 6.45) is 1.16. The molecular weight excluding hydrogens is 300 g/mol. The van der Waals surface area contributed by atoms with Gasteiger partial charge in [0, 0.05) is 25.2 Å². The van der Waals surface area contributed by atoms with Crippen LogP contribution in [0.2, 0.25) is 0 Å². The Kier molecular flexibility index (Phi) is 5.12. The minimum atomic E-state index is -0.541. The maximum Gasteiger partial charge on any atom is 0.407 e. The van der Waals surface area contributed by atoms with Gasteiger partial charge in [-0.3, -0.25) is 5.32 Å². The zero-order valence-corrected chi connectivity index (χ0v) is 14.0. The number of nitrogens with one attached hydrogen (secondary N) is 2. The monoisotopic (exact) mass is 324 g/mol. The Labute approximate surface area is 135 Å². The van der Waals surface area contributed by atoms with Crippen LogP contribution in [0.15, 0.2) is 10.6 Å². The molecule has 1 aliphatic rings. The van der Waals surface area contributed by atoms with Crippen molar-refractivity contribution in [1.82, 2.24) is 15.4 Å². The van der Waals surface area contributed by atoms with Gasteiger partial charge in [0.2, 0.25) is 0 Å². The molecule has 0 unspecified atom stereocenters. The first-order valence-electron chi connectivity index (χ1n) is 7.72. The number of urea groups is 1. The van der Waals surface area contributed by atoms with Crippen LogP contribution in [0.5, 0.6) is 0 Å². The maximum atomic E-state index is 12.2. The lowest BCUT2D eigenvalue weighted by molar-refractivity contribution is 0.0480. The topological polar surface area (TPSA) is 96.7 Å². The summed E-state index contributed by atoms with van der Waals surface area (Å²) in [4.78, 5) is 25.7. The van der Waals surface area contributed by atoms with E-state index in [1.165, 1.54) is 0 Å². The van der Waals surface area contributed by atoms with Crippen molar-refractivity contribution >= 4 is 17.9 Å². The van der Waals surface area contributed by atoms with E-state index in [0.717, 1.165) is 12.8 Å². The maximum absolute atomic E-state index is 12.2. The molecule has 1 aliphatic heterocycles. The molecule has 128 valence electrons. The van der Waals surface area contributed by atoms with Crippen LogP contribution >= 0.6 is 0 Å². The van der Waals surface area contributed by atoms with Gasteiger partial charge in [-0.15, -0.1) is 0 Å². The van der Waals surface area contributed by atoms with Gasteiger partial charge in [0.05, 0.1) is 0 Å². The van der Waals surface area contributed by atoms with E-state index in [9.17, 15) is 9.59 Å². The van der Waals surface area contributed by atoms with Gasteiger partial charge in [0.15, 0.2) is 5.82 Å². The molecule has 1 aromatic heterocycles. The third-order valence-corrected chi connectivity index (χ3v) is 3.29. The van der Waals surface area contributed by atoms with Crippen LogP contribution in [-0.2, 0) is 4.74 Å². The van der Waals surface area contributed by atoms with Crippen molar-refractivity contribution in [2.45, 2.75) is 52.2 Å². The van der Waals surface area contributed by atoms with E-state index in [4.69, 9.17) is 9.26 Å². The molecule has 1 saturated heterocycles. The highest BCUT2D eigenvalue weighted by Gasteiger charge is 2.27. The number of alkyl carbamates (subject to hydrolysis) is 1. The number of aromatic nitrogens is 1. The fourth-order valence-electron chi connectivity index (χ4n) is 2.37. The van der Waals surface area contributed by atoms with Crippen molar-refractivity contribution in [2.75, 3.05) is 18.4 Å². The van der Waals surface area contributed by atoms with Gasteiger partial charge < -0.3 is 19.5 Å². The number of rotatable bonds is 2. The zero-order chi connectivity index (χ0) is 17.0. The smallest absolute Gasteiger partial charge is 0.407 e. The zero-order valence-electron chi connectivity index (χ0n) is 14.0. The molecule has 1 aromatic rings. The molecule has 0 radical (unpaired) electrons. The number of hydrogen-bond donors (Lipinski definition) is 2. The molecule has 1 atom stereocenters. The van der Waals surface area contributed by atoms with Crippen LogP contribution in [0.3, 0.4) is 0 Å². The van der Waals surface area contributed by atoms with Gasteiger partial charge in [0.25, 0.3) is 0 Å². The Balaban J connectivity index is 1.85. The second-order valence-corrected chi connectivity index (χ2v) is 6.68. The summed E-state index contributed by atoms with van der Waals surface area (Å²) in [7, 11) is 0. The number of hydrogen-bond acceptors (Lipinski definition) is 5. The fraction of sp³-hybridized carbons (Fsp3) is 0.667. The Bertz CT molecular complexity index is 564. The summed E-state index contributed by atoms with van der Waals surface area (Å²) in [6, 6.07) is 1.27. The number of aryl methyl sites for hydroxylation is 1. The average Bonchev–Trinajstić information content (AvgIpc) is 2.82. The lowest BCUT2D eigenvalue weighted by atomic mass is 10.1. The van der Waals surface area contributed by atoms with Gasteiger partial charge in [-0.05, 0) is 40.5 Å². The van der Waals surface area contributed by atoms with Crippen LogP contribution in [0.4, 0.5) is 15.4 Å². The number of anilines is 1. The summed E-state index contributed by atoms with van der Waals surface area (Å²) in [6.45, 7) is 8.26. The van der Waals surface area contributed by atoms with E-state index < -0.39 is 11.7 Å². The van der Waals surface area contributed by atoms with E-state index in [0.29, 0.717) is 24.7 Å². The molecule has 2 rings (SSSR count). The normalized spacial score (nSPS) is 18.4. The van der Waals surface area contributed by atoms with Gasteiger partial charge in [-0.1, -0.05) is 5.16 Å². The molecule has 3 amide bonds. The van der Waals surface area contributed by atoms with Crippen LogP contribution in [-0.4, -0.2) is 46.9 Å². The predicted molar refractivity (Wildman–Crippen MR) is 84.2 cm³/mol. The minimum absolute atomic E-state index is 0.122. The second-order valence-electron chi connectivity index (χ2n) is 6.68. The molecule has 0 aromatic carbocycles. The van der Waals surface area contributed by atoms with Gasteiger partial charge in [-0.25, -0.2) is 9.59 Å². The molecule has 0 bridgehead atoms. The number of carbonyl (C=O) groups excluding carboxylic acids is 2. The molecule has 8 nitrogen and oxygen atoms in total. The quantitative estimate of drug-likeness (QED) is 0.871. The summed E-state index contributed by atoms with van der Waals surface area (Å²) in [5.41, 5.74) is -0.541. The predicted octanol–water partition coefficient (Wildman–Crippen LogP) is 2.50. The third-order valence-electron chi connectivity index (χ3n) is 3.29. The lowest BCUT2D eigenvalue weighted by Crippen LogP contribution is -2.51. The van der Waals surface area contributed by atoms with E-state index in [-0.39, 0.29) is 12.1 Å². The summed E-state index contributed by atoms with van der Waals surface area (Å²) in [5, 5.41) is 9.23. The Hall–Kier alpha value is -2.25. The molecule has 2 heterocycles. The largest absolute Gasteiger partial charge is 0.444 e. The Morgan fingerprint density at radius 2 is 2.17 bits per heavy atom. The lowest BCUT2D eigenvalue weighted by Gasteiger charge is -2.33. The SMILES string of the molecule is Cc1cc(NC(=O)N2CCC[C@H](NC(=O)OC(C)(C)C)C2)no1. The van der Waals surface area contributed by atoms with Crippen LogP contribution in [0.25, 0.3) is 0 Å². The molecule has 2 N–H and O–H groups in total. The number of piperidine rings is 1. The van der Waals surface area contributed by atoms with Crippen molar-refractivity contribution < 1.29 is 18.8 Å². The fourth-order valence-corrected chi connectivity index (χ4v) is 2.37. The first-order chi connectivity index (χ1) is 10.7. The first-order valence-corrected chi connectivity index (χ1v) is 7.72. The van der Waals surface area contributed by atoms with Gasteiger partial charge >= 0.3 is 12.1 Å². The first kappa shape index (κ1) is 17.1. The van der Waals surface area contributed by atoms with Gasteiger partial charge in [0.1, 0.15) is 11.4 Å². The number of ether oxygens (including phenoxy) is 1.